The summed E-state index contributed by atoms with van der Waals surface area (Å²) in [4.78, 5) is 16.1. The summed E-state index contributed by atoms with van der Waals surface area (Å²) in [5.74, 6) is -0.578. The monoisotopic (exact) mass is 315 g/mol. The van der Waals surface area contributed by atoms with Crippen LogP contribution in [0.3, 0.4) is 0 Å². The molecule has 0 bridgehead atoms. The van der Waals surface area contributed by atoms with Crippen LogP contribution in [0.5, 0.6) is 0 Å². The zero-order chi connectivity index (χ0) is 16.5. The molecular formula is C15H20F3N3O. The van der Waals surface area contributed by atoms with Crippen molar-refractivity contribution in [3.8, 4) is 0 Å². The van der Waals surface area contributed by atoms with E-state index in [1.165, 1.54) is 24.0 Å². The van der Waals surface area contributed by atoms with Crippen molar-refractivity contribution in [2.75, 3.05) is 38.5 Å². The number of nitrogen functional groups attached to an aromatic ring is 1. The number of nitrogens with two attached hydrogens (primary N) is 1. The second kappa shape index (κ2) is 6.16. The Morgan fingerprint density at radius 2 is 1.82 bits per heavy atom. The number of hydrogen-bond acceptors (Lipinski definition) is 3. The molecule has 0 atom stereocenters. The number of anilines is 1. The smallest absolute Gasteiger partial charge is 0.399 e. The zero-order valence-electron chi connectivity index (χ0n) is 12.7. The van der Waals surface area contributed by atoms with Crippen LogP contribution in [0.4, 0.5) is 18.9 Å². The van der Waals surface area contributed by atoms with Gasteiger partial charge >= 0.3 is 6.18 Å². The van der Waals surface area contributed by atoms with Crippen molar-refractivity contribution in [3.05, 3.63) is 28.8 Å². The van der Waals surface area contributed by atoms with Crippen LogP contribution in [0.2, 0.25) is 0 Å². The first kappa shape index (κ1) is 16.6. The lowest BCUT2D eigenvalue weighted by molar-refractivity contribution is -0.138. The molecule has 2 rings (SSSR count). The van der Waals surface area contributed by atoms with Crippen molar-refractivity contribution >= 4 is 11.6 Å². The fourth-order valence-corrected chi connectivity index (χ4v) is 2.71. The molecule has 2 N–H and O–H groups in total. The summed E-state index contributed by atoms with van der Waals surface area (Å²) in [6.45, 7) is 6.42. The van der Waals surface area contributed by atoms with Crippen molar-refractivity contribution < 1.29 is 18.0 Å². The number of benzene rings is 1. The van der Waals surface area contributed by atoms with Gasteiger partial charge in [0, 0.05) is 31.9 Å². The molecule has 1 aliphatic heterocycles. The molecule has 0 saturated carbocycles. The van der Waals surface area contributed by atoms with Gasteiger partial charge in [-0.25, -0.2) is 0 Å². The Hall–Kier alpha value is -1.76. The molecule has 22 heavy (non-hydrogen) atoms. The first-order valence-electron chi connectivity index (χ1n) is 7.23. The van der Waals surface area contributed by atoms with Crippen molar-refractivity contribution in [2.45, 2.75) is 20.0 Å². The first-order valence-corrected chi connectivity index (χ1v) is 7.23. The van der Waals surface area contributed by atoms with Gasteiger partial charge in [0.15, 0.2) is 0 Å². The van der Waals surface area contributed by atoms with Gasteiger partial charge in [0.25, 0.3) is 5.91 Å². The second-order valence-electron chi connectivity index (χ2n) is 5.43. The lowest BCUT2D eigenvalue weighted by atomic mass is 9.98. The molecule has 7 heteroatoms. The van der Waals surface area contributed by atoms with Crippen molar-refractivity contribution in [1.82, 2.24) is 9.80 Å². The van der Waals surface area contributed by atoms with Gasteiger partial charge in [0.1, 0.15) is 0 Å². The number of hydrogen-bond donors (Lipinski definition) is 1. The minimum Gasteiger partial charge on any atom is -0.399 e. The van der Waals surface area contributed by atoms with E-state index >= 15 is 0 Å². The summed E-state index contributed by atoms with van der Waals surface area (Å²) in [7, 11) is 0. The van der Waals surface area contributed by atoms with Gasteiger partial charge in [-0.2, -0.15) is 13.2 Å². The van der Waals surface area contributed by atoms with Gasteiger partial charge in [-0.05, 0) is 31.2 Å². The summed E-state index contributed by atoms with van der Waals surface area (Å²) in [6.07, 6.45) is -4.60. The lowest BCUT2D eigenvalue weighted by Crippen LogP contribution is -2.48. The first-order chi connectivity index (χ1) is 10.3. The summed E-state index contributed by atoms with van der Waals surface area (Å²) in [6, 6.07) is 2.54. The molecule has 1 aromatic carbocycles. The van der Waals surface area contributed by atoms with Crippen molar-refractivity contribution in [2.24, 2.45) is 0 Å². The Morgan fingerprint density at radius 1 is 1.23 bits per heavy atom. The summed E-state index contributed by atoms with van der Waals surface area (Å²) in [5, 5.41) is 0. The molecule has 0 aliphatic carbocycles. The Balaban J connectivity index is 2.33. The van der Waals surface area contributed by atoms with Gasteiger partial charge in [0.05, 0.1) is 11.1 Å². The van der Waals surface area contributed by atoms with E-state index in [0.717, 1.165) is 6.54 Å². The molecule has 1 fully saturated rings. The summed E-state index contributed by atoms with van der Waals surface area (Å²) in [5.41, 5.74) is 4.28. The number of carbonyl (C=O) groups excluding carboxylic acids is 1. The molecule has 0 radical (unpaired) electrons. The number of piperazine rings is 1. The van der Waals surface area contributed by atoms with Crippen molar-refractivity contribution in [1.29, 1.82) is 0 Å². The fraction of sp³-hybridized carbons (Fsp3) is 0.533. The van der Waals surface area contributed by atoms with Crippen LogP contribution < -0.4 is 5.73 Å². The third kappa shape index (κ3) is 3.19. The predicted molar refractivity (Wildman–Crippen MR) is 78.6 cm³/mol. The van der Waals surface area contributed by atoms with E-state index in [-0.39, 0.29) is 16.8 Å². The van der Waals surface area contributed by atoms with Crippen LogP contribution in [0, 0.1) is 6.92 Å². The standard InChI is InChI=1S/C15H20F3N3O/c1-3-20-6-8-21(9-7-20)14(22)11-4-5-12(19)10(2)13(11)15(16,17)18/h4-5H,3,6-9,19H2,1-2H3. The fourth-order valence-electron chi connectivity index (χ4n) is 2.71. The number of rotatable bonds is 2. The highest BCUT2D eigenvalue weighted by Gasteiger charge is 2.38. The molecule has 1 aliphatic rings. The summed E-state index contributed by atoms with van der Waals surface area (Å²) < 4.78 is 39.9. The molecule has 1 aromatic rings. The molecule has 4 nitrogen and oxygen atoms in total. The number of halogens is 3. The van der Waals surface area contributed by atoms with Gasteiger partial charge in [-0.3, -0.25) is 4.79 Å². The van der Waals surface area contributed by atoms with Crippen LogP contribution in [-0.4, -0.2) is 48.4 Å². The van der Waals surface area contributed by atoms with Crippen LogP contribution in [0.15, 0.2) is 12.1 Å². The Labute approximate surface area is 127 Å². The number of carbonyl (C=O) groups is 1. The van der Waals surface area contributed by atoms with E-state index in [2.05, 4.69) is 4.90 Å². The molecule has 1 heterocycles. The average Bonchev–Trinajstić information content (AvgIpc) is 2.48. The maximum absolute atomic E-state index is 13.3. The largest absolute Gasteiger partial charge is 0.417 e. The highest BCUT2D eigenvalue weighted by atomic mass is 19.4. The van der Waals surface area contributed by atoms with E-state index in [4.69, 9.17) is 5.73 Å². The van der Waals surface area contributed by atoms with E-state index in [9.17, 15) is 18.0 Å². The zero-order valence-corrected chi connectivity index (χ0v) is 12.7. The van der Waals surface area contributed by atoms with E-state index in [1.54, 1.807) is 0 Å². The molecule has 1 amide bonds. The normalized spacial score (nSPS) is 16.9. The number of amides is 1. The minimum atomic E-state index is -4.60. The highest BCUT2D eigenvalue weighted by Crippen LogP contribution is 2.37. The maximum Gasteiger partial charge on any atom is 0.417 e. The van der Waals surface area contributed by atoms with Gasteiger partial charge in [0.2, 0.25) is 0 Å². The van der Waals surface area contributed by atoms with Crippen LogP contribution >= 0.6 is 0 Å². The second-order valence-corrected chi connectivity index (χ2v) is 5.43. The topological polar surface area (TPSA) is 49.6 Å². The molecule has 0 aromatic heterocycles. The third-order valence-electron chi connectivity index (χ3n) is 4.13. The minimum absolute atomic E-state index is 0.0414. The molecular weight excluding hydrogens is 295 g/mol. The third-order valence-corrected chi connectivity index (χ3v) is 4.13. The Bertz CT molecular complexity index is 564. The van der Waals surface area contributed by atoms with Crippen LogP contribution in [0.1, 0.15) is 28.4 Å². The number of nitrogens with zero attached hydrogens (tertiary/aromatic N) is 2. The number of likely N-dealkylation sites (N-methyl/N-ethyl adjacent to an activating group) is 1. The molecule has 1 saturated heterocycles. The lowest BCUT2D eigenvalue weighted by Gasteiger charge is -2.34. The molecule has 122 valence electrons. The summed E-state index contributed by atoms with van der Waals surface area (Å²) >= 11 is 0. The van der Waals surface area contributed by atoms with Gasteiger partial charge in [-0.1, -0.05) is 6.92 Å². The van der Waals surface area contributed by atoms with E-state index < -0.39 is 17.6 Å². The number of alkyl halides is 3. The SMILES string of the molecule is CCN1CCN(C(=O)c2ccc(N)c(C)c2C(F)(F)F)CC1. The maximum atomic E-state index is 13.3. The van der Waals surface area contributed by atoms with E-state index in [1.807, 2.05) is 6.92 Å². The molecule has 0 spiro atoms. The predicted octanol–water partition coefficient (Wildman–Crippen LogP) is 2.37. The Morgan fingerprint density at radius 3 is 2.32 bits per heavy atom. The van der Waals surface area contributed by atoms with Crippen molar-refractivity contribution in [3.63, 3.8) is 0 Å². The van der Waals surface area contributed by atoms with Crippen LogP contribution in [-0.2, 0) is 6.18 Å². The van der Waals surface area contributed by atoms with Gasteiger partial charge in [-0.15, -0.1) is 0 Å². The van der Waals surface area contributed by atoms with E-state index in [0.29, 0.717) is 26.2 Å². The quantitative estimate of drug-likeness (QED) is 0.853. The molecule has 0 unspecified atom stereocenters. The average molecular weight is 315 g/mol. The highest BCUT2D eigenvalue weighted by molar-refractivity contribution is 5.97. The van der Waals surface area contributed by atoms with Gasteiger partial charge < -0.3 is 15.5 Å². The van der Waals surface area contributed by atoms with Crippen LogP contribution in [0.25, 0.3) is 0 Å². The Kier molecular flexibility index (Phi) is 4.65.